The quantitative estimate of drug-likeness (QED) is 0.0331. The van der Waals surface area contributed by atoms with E-state index in [0.29, 0.717) is 0 Å². The molecule has 0 radical (unpaired) electrons. The van der Waals surface area contributed by atoms with E-state index in [1.54, 1.807) is 0 Å². The van der Waals surface area contributed by atoms with Crippen molar-refractivity contribution in [3.8, 4) is 0 Å². The lowest BCUT2D eigenvalue weighted by Crippen LogP contribution is -2.70. The van der Waals surface area contributed by atoms with Gasteiger partial charge in [-0.15, -0.1) is 0 Å². The van der Waals surface area contributed by atoms with E-state index in [9.17, 15) is 142 Å². The van der Waals surface area contributed by atoms with E-state index in [1.807, 2.05) is 0 Å². The molecule has 642 valence electrons. The maximum Gasteiger partial charge on any atom is 0.217 e. The smallest absolute Gasteiger partial charge is 0.217 e. The van der Waals surface area contributed by atoms with Crippen molar-refractivity contribution < 1.29 is 222 Å². The standard InChI is InChI=1S/C62H104N4O45/c1-15(75)63-19-13-95-24(9-71)48(32(19)79)105-55-29(64-16(2)76)38(85)51(27(12-74)101-55)108-60-47(94)52(109-62-54(44(91)36(83)23(8-70)100-62)111-57-31(66-18(4)78)40(87)50(26(11-73)103-57)107-59-46(93)42(89)34(81)21(6-68)98-59)37(84)28(104-60)14-96-61-53(43(90)35(82)22(7-69)99-61)110-56-30(65-17(3)77)39(86)49(25(10-72)102-56)106-58-45(92)41(88)33(80)20(5-67)97-58/h19-62,67-74,79-94H,5-14H2,1-4H3,(H,63,75)(H,64,76)(H,65,77)(H,66,78)/t19-,20+,21+,22+,23+,24+,25+,26+,27+,28+,29+,30+,31+,32+,33-,34-,35+,36+,37+,38+,39+,40+,41-,42-,43-,44-,45+,46+,47-,48+,49+,50+,51+,52-,53-,54-,55-,56-,57-,58-,59-,60-,61-,62+/m0/s1. The largest absolute Gasteiger partial charge is 0.394 e. The number of nitrogens with one attached hydrogen (secondary N) is 4. The van der Waals surface area contributed by atoms with Crippen molar-refractivity contribution in [2.75, 3.05) is 66.1 Å². The molecule has 0 saturated carbocycles. The molecule has 0 bridgehead atoms. The molecule has 9 heterocycles. The summed E-state index contributed by atoms with van der Waals surface area (Å²) in [7, 11) is 0. The summed E-state index contributed by atoms with van der Waals surface area (Å²) in [6.45, 7) is -5.92. The lowest BCUT2D eigenvalue weighted by atomic mass is 9.94. The number of hydrogen-bond acceptors (Lipinski definition) is 45. The monoisotopic (exact) mass is 1620 g/mol. The SMILES string of the molecule is CC(=O)N[C@H]1[C@H](O[C@H]2[C@H](O)[C@@H](NC(C)=O)CO[C@@H]2CO)O[C@H](CO)[C@@H](O[C@@H]2O[C@H](CO[C@H]3O[C@H](CO)[C@@H](O)[C@H](O)[C@@H]3O[C@@H]3O[C@H](CO)[C@@H](O[C@@H]4O[C@H](CO)[C@H](O)[C@H](O)[C@H]4O)[C@H](O)[C@H]3NC(C)=O)[C@@H](O)[C@H](O[C@H]3O[C@H](CO)[C@@H](O)[C@H](O)[C@@H]3O[C@@H]3O[C@H](CO)[C@@H](O[C@@H]4O[C@H](CO)[C@H](O)[C@H](O)[C@H]4O)[C@H](O)[C@H]3NC(C)=O)[C@@H]2O)[C@@H]1O. The van der Waals surface area contributed by atoms with Crippen LogP contribution in [0.4, 0.5) is 0 Å². The van der Waals surface area contributed by atoms with E-state index in [1.165, 1.54) is 0 Å². The first-order chi connectivity index (χ1) is 52.6. The molecule has 49 nitrogen and oxygen atoms in total. The average molecular weight is 1630 g/mol. The molecule has 0 aromatic carbocycles. The lowest BCUT2D eigenvalue weighted by molar-refractivity contribution is -0.398. The van der Waals surface area contributed by atoms with Crippen LogP contribution in [0.2, 0.25) is 0 Å². The fourth-order valence-corrected chi connectivity index (χ4v) is 14.4. The summed E-state index contributed by atoms with van der Waals surface area (Å²) in [6.07, 6.45) is -81.8. The van der Waals surface area contributed by atoms with Gasteiger partial charge in [0.15, 0.2) is 50.3 Å². The molecule has 9 rings (SSSR count). The van der Waals surface area contributed by atoms with Crippen LogP contribution < -0.4 is 21.3 Å². The zero-order valence-electron chi connectivity index (χ0n) is 59.8. The zero-order valence-corrected chi connectivity index (χ0v) is 59.8. The van der Waals surface area contributed by atoms with Gasteiger partial charge in [0.25, 0.3) is 0 Å². The van der Waals surface area contributed by atoms with Crippen molar-refractivity contribution in [3.63, 3.8) is 0 Å². The van der Waals surface area contributed by atoms with E-state index in [-0.39, 0.29) is 6.61 Å². The third kappa shape index (κ3) is 20.3. The number of carbonyl (C=O) groups excluding carboxylic acids is 4. The Morgan fingerprint density at radius 2 is 0.541 bits per heavy atom. The molecule has 0 unspecified atom stereocenters. The van der Waals surface area contributed by atoms with Crippen LogP contribution in [0.15, 0.2) is 0 Å². The van der Waals surface area contributed by atoms with Crippen LogP contribution >= 0.6 is 0 Å². The van der Waals surface area contributed by atoms with Crippen LogP contribution in [0, 0.1) is 0 Å². The number of hydrogen-bond donors (Lipinski definition) is 28. The van der Waals surface area contributed by atoms with Crippen molar-refractivity contribution in [1.29, 1.82) is 0 Å². The molecule has 0 aromatic rings. The fraction of sp³-hybridized carbons (Fsp3) is 0.935. The molecular formula is C62H104N4O45. The van der Waals surface area contributed by atoms with Crippen molar-refractivity contribution in [1.82, 2.24) is 21.3 Å². The first kappa shape index (κ1) is 91.1. The number of aliphatic hydroxyl groups excluding tert-OH is 24. The second kappa shape index (κ2) is 40.1. The molecule has 28 N–H and O–H groups in total. The molecule has 0 aromatic heterocycles. The Balaban J connectivity index is 1.05. The van der Waals surface area contributed by atoms with Gasteiger partial charge < -0.3 is 224 Å². The first-order valence-electron chi connectivity index (χ1n) is 35.5. The van der Waals surface area contributed by atoms with E-state index in [4.69, 9.17) is 80.5 Å². The number of aliphatic hydroxyl groups is 24. The van der Waals surface area contributed by atoms with Gasteiger partial charge in [0.1, 0.15) is 213 Å². The van der Waals surface area contributed by atoms with Gasteiger partial charge in [-0.1, -0.05) is 0 Å². The van der Waals surface area contributed by atoms with Crippen molar-refractivity contribution in [3.05, 3.63) is 0 Å². The van der Waals surface area contributed by atoms with Crippen molar-refractivity contribution >= 4 is 23.6 Å². The minimum absolute atomic E-state index is 0.343. The van der Waals surface area contributed by atoms with Gasteiger partial charge in [0.2, 0.25) is 23.6 Å². The highest BCUT2D eigenvalue weighted by atomic mass is 16.8. The van der Waals surface area contributed by atoms with Crippen LogP contribution in [0.1, 0.15) is 27.7 Å². The second-order valence-electron chi connectivity index (χ2n) is 28.0. The molecule has 9 fully saturated rings. The van der Waals surface area contributed by atoms with Crippen LogP contribution in [-0.2, 0) is 99.7 Å². The minimum Gasteiger partial charge on any atom is -0.394 e. The Morgan fingerprint density at radius 3 is 0.901 bits per heavy atom. The fourth-order valence-electron chi connectivity index (χ4n) is 14.4. The molecule has 0 spiro atoms. The van der Waals surface area contributed by atoms with Crippen molar-refractivity contribution in [2.45, 2.75) is 298 Å². The van der Waals surface area contributed by atoms with Gasteiger partial charge in [-0.25, -0.2) is 0 Å². The van der Waals surface area contributed by atoms with E-state index in [2.05, 4.69) is 21.3 Å². The van der Waals surface area contributed by atoms with E-state index >= 15 is 0 Å². The van der Waals surface area contributed by atoms with Crippen LogP contribution in [0.5, 0.6) is 0 Å². The van der Waals surface area contributed by atoms with Crippen LogP contribution in [0.3, 0.4) is 0 Å². The Labute approximate surface area is 629 Å². The molecule has 4 amide bonds. The van der Waals surface area contributed by atoms with Gasteiger partial charge in [-0.05, 0) is 0 Å². The summed E-state index contributed by atoms with van der Waals surface area (Å²) >= 11 is 0. The molecule has 9 aliphatic heterocycles. The molecule has 9 saturated heterocycles. The predicted molar refractivity (Wildman–Crippen MR) is 342 cm³/mol. The number of ether oxygens (including phenoxy) is 17. The zero-order chi connectivity index (χ0) is 81.6. The van der Waals surface area contributed by atoms with Gasteiger partial charge in [-0.3, -0.25) is 19.2 Å². The summed E-state index contributed by atoms with van der Waals surface area (Å²) in [4.78, 5) is 50.9. The highest BCUT2D eigenvalue weighted by Gasteiger charge is 2.61. The van der Waals surface area contributed by atoms with Crippen LogP contribution in [0.25, 0.3) is 0 Å². The molecule has 0 aliphatic carbocycles. The minimum atomic E-state index is -2.55. The molecule has 9 aliphatic rings. The lowest BCUT2D eigenvalue weighted by Gasteiger charge is -2.51. The van der Waals surface area contributed by atoms with E-state index < -0.39 is 353 Å². The van der Waals surface area contributed by atoms with Crippen LogP contribution in [-0.4, -0.2) is 482 Å². The van der Waals surface area contributed by atoms with Crippen molar-refractivity contribution in [2.24, 2.45) is 0 Å². The summed E-state index contributed by atoms with van der Waals surface area (Å²) in [5.41, 5.74) is 0. The third-order valence-electron chi connectivity index (χ3n) is 20.3. The molecule has 49 heteroatoms. The number of carbonyl (C=O) groups is 4. The second-order valence-corrected chi connectivity index (χ2v) is 28.0. The predicted octanol–water partition coefficient (Wildman–Crippen LogP) is -19.4. The third-order valence-corrected chi connectivity index (χ3v) is 20.3. The molecule has 44 atom stereocenters. The average Bonchev–Trinajstić information content (AvgIpc) is 0.771. The Hall–Kier alpha value is -3.76. The normalized spacial score (nSPS) is 48.6. The number of amides is 4. The molecular weight excluding hydrogens is 1520 g/mol. The Morgan fingerprint density at radius 1 is 0.261 bits per heavy atom. The van der Waals surface area contributed by atoms with E-state index in [0.717, 1.165) is 27.7 Å². The first-order valence-corrected chi connectivity index (χ1v) is 35.5. The topological polar surface area (TPSA) is 759 Å². The maximum atomic E-state index is 13.0. The summed E-state index contributed by atoms with van der Waals surface area (Å²) < 4.78 is 101. The van der Waals surface area contributed by atoms with Gasteiger partial charge in [-0.2, -0.15) is 0 Å². The summed E-state index contributed by atoms with van der Waals surface area (Å²) in [5.74, 6) is -3.40. The Bertz CT molecular complexity index is 2930. The molecule has 111 heavy (non-hydrogen) atoms. The highest BCUT2D eigenvalue weighted by Crippen LogP contribution is 2.40. The van der Waals surface area contributed by atoms with Gasteiger partial charge in [0.05, 0.1) is 72.1 Å². The summed E-state index contributed by atoms with van der Waals surface area (Å²) in [6, 6.07) is -6.86. The Kier molecular flexibility index (Phi) is 32.9. The highest BCUT2D eigenvalue weighted by molar-refractivity contribution is 5.74. The summed E-state index contributed by atoms with van der Waals surface area (Å²) in [5, 5.41) is 276. The number of rotatable bonds is 29. The van der Waals surface area contributed by atoms with Gasteiger partial charge >= 0.3 is 0 Å². The maximum absolute atomic E-state index is 13.0. The van der Waals surface area contributed by atoms with Gasteiger partial charge in [0, 0.05) is 27.7 Å².